The van der Waals surface area contributed by atoms with Crippen LogP contribution in [-0.2, 0) is 14.6 Å². The van der Waals surface area contributed by atoms with E-state index < -0.39 is 9.84 Å². The summed E-state index contributed by atoms with van der Waals surface area (Å²) in [7, 11) is -3.62. The highest BCUT2D eigenvalue weighted by Gasteiger charge is 2.17. The monoisotopic (exact) mass is 388 g/mol. The Morgan fingerprint density at radius 3 is 2.67 bits per heavy atom. The number of aromatic nitrogens is 1. The van der Waals surface area contributed by atoms with E-state index in [1.807, 2.05) is 6.07 Å². The Morgan fingerprint density at radius 2 is 1.89 bits per heavy atom. The van der Waals surface area contributed by atoms with Crippen molar-refractivity contribution < 1.29 is 17.9 Å². The Hall–Kier alpha value is -2.22. The first-order chi connectivity index (χ1) is 13.1. The number of pyridine rings is 1. The predicted molar refractivity (Wildman–Crippen MR) is 104 cm³/mol. The van der Waals surface area contributed by atoms with Gasteiger partial charge in [0.25, 0.3) is 0 Å². The van der Waals surface area contributed by atoms with Crippen LogP contribution in [0.2, 0.25) is 0 Å². The molecule has 1 aromatic heterocycles. The second kappa shape index (κ2) is 9.64. The van der Waals surface area contributed by atoms with Crippen LogP contribution in [0.25, 0.3) is 6.08 Å². The Balaban J connectivity index is 1.61. The summed E-state index contributed by atoms with van der Waals surface area (Å²) in [6.07, 6.45) is 3.94. The lowest BCUT2D eigenvalue weighted by molar-refractivity contribution is 0.0357. The largest absolute Gasteiger partial charge is 0.492 e. The summed E-state index contributed by atoms with van der Waals surface area (Å²) in [4.78, 5) is 6.60. The predicted octanol–water partition coefficient (Wildman–Crippen LogP) is 2.63. The highest BCUT2D eigenvalue weighted by Crippen LogP contribution is 2.25. The average Bonchev–Trinajstić information content (AvgIpc) is 2.72. The molecule has 0 atom stereocenters. The van der Waals surface area contributed by atoms with Crippen molar-refractivity contribution in [1.29, 1.82) is 0 Å². The van der Waals surface area contributed by atoms with Gasteiger partial charge in [-0.2, -0.15) is 0 Å². The van der Waals surface area contributed by atoms with Gasteiger partial charge in [0.05, 0.1) is 25.5 Å². The standard InChI is InChI=1S/C20H24N2O4S/c23-27(24,17-9-18-6-3-4-10-21-18)20-8-2-1-7-19(20)26-14-5-11-22-12-15-25-16-13-22/h1-4,6-10,17H,5,11-16H2/b17-9+. The molecule has 0 bridgehead atoms. The number of morpholine rings is 1. The van der Waals surface area contributed by atoms with Gasteiger partial charge in [0.15, 0.2) is 0 Å². The van der Waals surface area contributed by atoms with Crippen LogP contribution in [0.5, 0.6) is 5.75 Å². The van der Waals surface area contributed by atoms with Crippen molar-refractivity contribution in [2.45, 2.75) is 11.3 Å². The quantitative estimate of drug-likeness (QED) is 0.648. The van der Waals surface area contributed by atoms with Crippen LogP contribution in [0, 0.1) is 0 Å². The summed E-state index contributed by atoms with van der Waals surface area (Å²) in [5.74, 6) is 0.380. The molecular weight excluding hydrogens is 364 g/mol. The Bertz CT molecular complexity index is 847. The number of hydrogen-bond donors (Lipinski definition) is 0. The molecule has 0 radical (unpaired) electrons. The summed E-state index contributed by atoms with van der Waals surface area (Å²) >= 11 is 0. The molecule has 1 aromatic carbocycles. The summed E-state index contributed by atoms with van der Waals surface area (Å²) < 4.78 is 36.5. The lowest BCUT2D eigenvalue weighted by Crippen LogP contribution is -2.37. The minimum Gasteiger partial charge on any atom is -0.492 e. The fourth-order valence-electron chi connectivity index (χ4n) is 2.81. The van der Waals surface area contributed by atoms with Crippen molar-refractivity contribution in [2.75, 3.05) is 39.5 Å². The van der Waals surface area contributed by atoms with Gasteiger partial charge < -0.3 is 9.47 Å². The zero-order valence-electron chi connectivity index (χ0n) is 15.2. The Morgan fingerprint density at radius 1 is 1.11 bits per heavy atom. The fourth-order valence-corrected chi connectivity index (χ4v) is 3.95. The zero-order chi connectivity index (χ0) is 19.0. The molecule has 1 aliphatic heterocycles. The van der Waals surface area contributed by atoms with E-state index >= 15 is 0 Å². The smallest absolute Gasteiger partial charge is 0.203 e. The lowest BCUT2D eigenvalue weighted by atomic mass is 10.3. The Labute approximate surface area is 160 Å². The van der Waals surface area contributed by atoms with E-state index in [-0.39, 0.29) is 4.90 Å². The molecule has 27 heavy (non-hydrogen) atoms. The Kier molecular flexibility index (Phi) is 6.98. The van der Waals surface area contributed by atoms with Crippen molar-refractivity contribution >= 4 is 15.9 Å². The first-order valence-corrected chi connectivity index (χ1v) is 10.6. The molecule has 2 aromatic rings. The molecule has 0 N–H and O–H groups in total. The van der Waals surface area contributed by atoms with Gasteiger partial charge in [0.1, 0.15) is 10.6 Å². The fraction of sp³-hybridized carbons (Fsp3) is 0.350. The number of ether oxygens (including phenoxy) is 2. The molecule has 1 fully saturated rings. The molecule has 144 valence electrons. The second-order valence-electron chi connectivity index (χ2n) is 6.21. The number of sulfone groups is 1. The number of rotatable bonds is 8. The number of para-hydroxylation sites is 1. The van der Waals surface area contributed by atoms with Gasteiger partial charge >= 0.3 is 0 Å². The van der Waals surface area contributed by atoms with Gasteiger partial charge in [-0.25, -0.2) is 8.42 Å². The molecule has 0 amide bonds. The molecule has 0 aliphatic carbocycles. The van der Waals surface area contributed by atoms with E-state index in [0.29, 0.717) is 18.1 Å². The average molecular weight is 388 g/mol. The van der Waals surface area contributed by atoms with Gasteiger partial charge in [-0.1, -0.05) is 18.2 Å². The zero-order valence-corrected chi connectivity index (χ0v) is 16.0. The summed E-state index contributed by atoms with van der Waals surface area (Å²) in [5.41, 5.74) is 0.588. The number of nitrogens with zero attached hydrogens (tertiary/aromatic N) is 2. The molecule has 7 heteroatoms. The summed E-state index contributed by atoms with van der Waals surface area (Å²) in [6.45, 7) is 4.79. The molecule has 3 rings (SSSR count). The van der Waals surface area contributed by atoms with Crippen LogP contribution in [0.4, 0.5) is 0 Å². The molecule has 2 heterocycles. The molecule has 0 saturated carbocycles. The van der Waals surface area contributed by atoms with E-state index in [0.717, 1.165) is 39.3 Å². The van der Waals surface area contributed by atoms with E-state index in [4.69, 9.17) is 9.47 Å². The van der Waals surface area contributed by atoms with Gasteiger partial charge in [0, 0.05) is 31.2 Å². The summed E-state index contributed by atoms with van der Waals surface area (Å²) in [6, 6.07) is 12.1. The van der Waals surface area contributed by atoms with Crippen LogP contribution < -0.4 is 4.74 Å². The topological polar surface area (TPSA) is 68.7 Å². The normalized spacial score (nSPS) is 15.9. The van der Waals surface area contributed by atoms with E-state index in [1.165, 1.54) is 11.5 Å². The summed E-state index contributed by atoms with van der Waals surface area (Å²) in [5, 5.41) is 1.17. The van der Waals surface area contributed by atoms with Crippen LogP contribution in [0.1, 0.15) is 12.1 Å². The van der Waals surface area contributed by atoms with Gasteiger partial charge in [-0.3, -0.25) is 9.88 Å². The van der Waals surface area contributed by atoms with Crippen LogP contribution in [-0.4, -0.2) is 57.8 Å². The minimum absolute atomic E-state index is 0.170. The third kappa shape index (κ3) is 5.89. The highest BCUT2D eigenvalue weighted by atomic mass is 32.2. The molecule has 0 unspecified atom stereocenters. The molecule has 1 saturated heterocycles. The molecule has 6 nitrogen and oxygen atoms in total. The van der Waals surface area contributed by atoms with Crippen molar-refractivity contribution in [2.24, 2.45) is 0 Å². The van der Waals surface area contributed by atoms with Gasteiger partial charge in [-0.15, -0.1) is 0 Å². The molecule has 1 aliphatic rings. The molecular formula is C20H24N2O4S. The third-order valence-corrected chi connectivity index (χ3v) is 5.69. The first-order valence-electron chi connectivity index (χ1n) is 9.01. The third-order valence-electron chi connectivity index (χ3n) is 4.24. The minimum atomic E-state index is -3.62. The van der Waals surface area contributed by atoms with Gasteiger partial charge in [0.2, 0.25) is 9.84 Å². The van der Waals surface area contributed by atoms with E-state index in [1.54, 1.807) is 42.6 Å². The van der Waals surface area contributed by atoms with Crippen molar-refractivity contribution in [3.63, 3.8) is 0 Å². The van der Waals surface area contributed by atoms with Gasteiger partial charge in [-0.05, 0) is 36.8 Å². The lowest BCUT2D eigenvalue weighted by Gasteiger charge is -2.26. The van der Waals surface area contributed by atoms with Crippen LogP contribution in [0.3, 0.4) is 0 Å². The van der Waals surface area contributed by atoms with E-state index in [2.05, 4.69) is 9.88 Å². The van der Waals surface area contributed by atoms with Crippen LogP contribution >= 0.6 is 0 Å². The maximum atomic E-state index is 12.7. The SMILES string of the molecule is O=S(=O)(/C=C/c1ccccn1)c1ccccc1OCCCN1CCOCC1. The second-order valence-corrected chi connectivity index (χ2v) is 8.01. The highest BCUT2D eigenvalue weighted by molar-refractivity contribution is 7.94. The van der Waals surface area contributed by atoms with E-state index in [9.17, 15) is 8.42 Å². The maximum absolute atomic E-state index is 12.7. The number of benzene rings is 1. The van der Waals surface area contributed by atoms with Crippen molar-refractivity contribution in [3.05, 3.63) is 59.8 Å². The van der Waals surface area contributed by atoms with Crippen molar-refractivity contribution in [1.82, 2.24) is 9.88 Å². The van der Waals surface area contributed by atoms with Crippen molar-refractivity contribution in [3.8, 4) is 5.75 Å². The molecule has 0 spiro atoms. The number of hydrogen-bond acceptors (Lipinski definition) is 6. The first kappa shape index (κ1) is 19.5. The maximum Gasteiger partial charge on any atom is 0.203 e. The van der Waals surface area contributed by atoms with Crippen LogP contribution in [0.15, 0.2) is 59.0 Å².